The van der Waals surface area contributed by atoms with Crippen molar-refractivity contribution in [3.63, 3.8) is 0 Å². The molecule has 0 radical (unpaired) electrons. The molecular weight excluding hydrogens is 242 g/mol. The molecule has 3 heterocycles. The average Bonchev–Trinajstić information content (AvgIpc) is 3.02. The molecule has 4 heteroatoms. The standard InChI is InChI=1S/C14H23N3S/c1-10-14(11-5-7-17(2)9-11)16-13(18-10)8-12-4-3-6-15-12/h11-12,15H,3-9H2,1-2H3. The van der Waals surface area contributed by atoms with Crippen LogP contribution in [0.5, 0.6) is 0 Å². The van der Waals surface area contributed by atoms with Gasteiger partial charge in [-0.25, -0.2) is 4.98 Å². The number of likely N-dealkylation sites (N-methyl/N-ethyl adjacent to an activating group) is 1. The number of nitrogens with one attached hydrogen (secondary N) is 1. The Balaban J connectivity index is 1.69. The third-order valence-corrected chi connectivity index (χ3v) is 5.25. The predicted molar refractivity (Wildman–Crippen MR) is 76.4 cm³/mol. The van der Waals surface area contributed by atoms with Gasteiger partial charge in [-0.2, -0.15) is 0 Å². The molecule has 1 N–H and O–H groups in total. The van der Waals surface area contributed by atoms with E-state index in [2.05, 4.69) is 24.2 Å². The number of likely N-dealkylation sites (tertiary alicyclic amines) is 1. The highest BCUT2D eigenvalue weighted by molar-refractivity contribution is 7.11. The van der Waals surface area contributed by atoms with Crippen molar-refractivity contribution in [3.05, 3.63) is 15.6 Å². The highest BCUT2D eigenvalue weighted by atomic mass is 32.1. The van der Waals surface area contributed by atoms with Gasteiger partial charge in [0.15, 0.2) is 0 Å². The van der Waals surface area contributed by atoms with Crippen LogP contribution >= 0.6 is 11.3 Å². The SMILES string of the molecule is Cc1sc(CC2CCCN2)nc1C1CCN(C)C1. The second-order valence-electron chi connectivity index (χ2n) is 5.79. The minimum atomic E-state index is 0.676. The lowest BCUT2D eigenvalue weighted by molar-refractivity contribution is 0.410. The van der Waals surface area contributed by atoms with Crippen LogP contribution < -0.4 is 5.32 Å². The van der Waals surface area contributed by atoms with Gasteiger partial charge in [0.05, 0.1) is 10.7 Å². The number of aryl methyl sites for hydroxylation is 1. The maximum absolute atomic E-state index is 4.94. The van der Waals surface area contributed by atoms with Gasteiger partial charge < -0.3 is 10.2 Å². The van der Waals surface area contributed by atoms with Crippen molar-refractivity contribution in [2.75, 3.05) is 26.7 Å². The number of rotatable bonds is 3. The molecule has 18 heavy (non-hydrogen) atoms. The van der Waals surface area contributed by atoms with Crippen LogP contribution in [0.15, 0.2) is 0 Å². The summed E-state index contributed by atoms with van der Waals surface area (Å²) in [4.78, 5) is 8.81. The lowest BCUT2D eigenvalue weighted by Crippen LogP contribution is -2.23. The number of thiazole rings is 1. The van der Waals surface area contributed by atoms with Crippen LogP contribution in [-0.4, -0.2) is 42.6 Å². The monoisotopic (exact) mass is 265 g/mol. The molecule has 3 nitrogen and oxygen atoms in total. The number of nitrogens with zero attached hydrogens (tertiary/aromatic N) is 2. The van der Waals surface area contributed by atoms with Crippen molar-refractivity contribution in [2.24, 2.45) is 0 Å². The molecular formula is C14H23N3S. The van der Waals surface area contributed by atoms with E-state index >= 15 is 0 Å². The third-order valence-electron chi connectivity index (χ3n) is 4.24. The minimum Gasteiger partial charge on any atom is -0.314 e. The van der Waals surface area contributed by atoms with Gasteiger partial charge in [-0.15, -0.1) is 11.3 Å². The molecule has 2 fully saturated rings. The molecule has 2 unspecified atom stereocenters. The molecule has 0 aliphatic carbocycles. The summed E-state index contributed by atoms with van der Waals surface area (Å²) < 4.78 is 0. The van der Waals surface area contributed by atoms with Gasteiger partial charge in [0.1, 0.15) is 0 Å². The molecule has 0 saturated carbocycles. The number of hydrogen-bond donors (Lipinski definition) is 1. The van der Waals surface area contributed by atoms with E-state index in [1.165, 1.54) is 54.5 Å². The Morgan fingerprint density at radius 3 is 3.00 bits per heavy atom. The summed E-state index contributed by atoms with van der Waals surface area (Å²) in [6.07, 6.45) is 5.06. The number of aromatic nitrogens is 1. The Morgan fingerprint density at radius 2 is 2.33 bits per heavy atom. The zero-order valence-corrected chi connectivity index (χ0v) is 12.2. The Bertz CT molecular complexity index is 409. The highest BCUT2D eigenvalue weighted by Crippen LogP contribution is 2.31. The van der Waals surface area contributed by atoms with Crippen LogP contribution in [0.3, 0.4) is 0 Å². The van der Waals surface area contributed by atoms with Crippen LogP contribution in [0, 0.1) is 6.92 Å². The van der Waals surface area contributed by atoms with E-state index in [1.54, 1.807) is 0 Å². The second kappa shape index (κ2) is 5.27. The van der Waals surface area contributed by atoms with Crippen molar-refractivity contribution < 1.29 is 0 Å². The normalized spacial score (nSPS) is 29.2. The molecule has 100 valence electrons. The summed E-state index contributed by atoms with van der Waals surface area (Å²) >= 11 is 1.92. The molecule has 3 rings (SSSR count). The van der Waals surface area contributed by atoms with E-state index in [0.717, 1.165) is 6.42 Å². The zero-order chi connectivity index (χ0) is 12.5. The van der Waals surface area contributed by atoms with Crippen LogP contribution in [0.4, 0.5) is 0 Å². The van der Waals surface area contributed by atoms with E-state index in [4.69, 9.17) is 4.98 Å². The average molecular weight is 265 g/mol. The lowest BCUT2D eigenvalue weighted by atomic mass is 10.0. The van der Waals surface area contributed by atoms with Gasteiger partial charge in [0.2, 0.25) is 0 Å². The first-order valence-electron chi connectivity index (χ1n) is 7.10. The quantitative estimate of drug-likeness (QED) is 0.908. The molecule has 0 aromatic carbocycles. The van der Waals surface area contributed by atoms with Crippen molar-refractivity contribution in [1.82, 2.24) is 15.2 Å². The minimum absolute atomic E-state index is 0.676. The van der Waals surface area contributed by atoms with E-state index in [-0.39, 0.29) is 0 Å². The fraction of sp³-hybridized carbons (Fsp3) is 0.786. The van der Waals surface area contributed by atoms with Gasteiger partial charge >= 0.3 is 0 Å². The highest BCUT2D eigenvalue weighted by Gasteiger charge is 2.26. The van der Waals surface area contributed by atoms with Gasteiger partial charge in [-0.3, -0.25) is 0 Å². The molecule has 2 aliphatic rings. The Kier molecular flexibility index (Phi) is 3.68. The smallest absolute Gasteiger partial charge is 0.0946 e. The van der Waals surface area contributed by atoms with Crippen LogP contribution in [0.25, 0.3) is 0 Å². The Morgan fingerprint density at radius 1 is 1.44 bits per heavy atom. The first-order chi connectivity index (χ1) is 8.72. The molecule has 0 spiro atoms. The van der Waals surface area contributed by atoms with Gasteiger partial charge in [0, 0.05) is 29.8 Å². The van der Waals surface area contributed by atoms with Gasteiger partial charge in [0.25, 0.3) is 0 Å². The van der Waals surface area contributed by atoms with Crippen molar-refractivity contribution in [3.8, 4) is 0 Å². The maximum Gasteiger partial charge on any atom is 0.0946 e. The van der Waals surface area contributed by atoms with Crippen LogP contribution in [-0.2, 0) is 6.42 Å². The van der Waals surface area contributed by atoms with Gasteiger partial charge in [-0.1, -0.05) is 0 Å². The summed E-state index contributed by atoms with van der Waals surface area (Å²) in [6, 6.07) is 0.676. The van der Waals surface area contributed by atoms with E-state index in [1.807, 2.05) is 11.3 Å². The molecule has 0 amide bonds. The van der Waals surface area contributed by atoms with Crippen molar-refractivity contribution in [1.29, 1.82) is 0 Å². The molecule has 0 bridgehead atoms. The van der Waals surface area contributed by atoms with Crippen molar-refractivity contribution >= 4 is 11.3 Å². The lowest BCUT2D eigenvalue weighted by Gasteiger charge is -2.09. The van der Waals surface area contributed by atoms with Crippen molar-refractivity contribution in [2.45, 2.75) is 44.6 Å². The predicted octanol–water partition coefficient (Wildman–Crippen LogP) is 2.17. The molecule has 2 aliphatic heterocycles. The second-order valence-corrected chi connectivity index (χ2v) is 7.08. The summed E-state index contributed by atoms with van der Waals surface area (Å²) in [5, 5.41) is 4.91. The molecule has 1 aromatic rings. The molecule has 2 saturated heterocycles. The van der Waals surface area contributed by atoms with E-state index in [0.29, 0.717) is 12.0 Å². The van der Waals surface area contributed by atoms with Crippen LogP contribution in [0.1, 0.15) is 40.8 Å². The fourth-order valence-corrected chi connectivity index (χ4v) is 4.33. The summed E-state index contributed by atoms with van der Waals surface area (Å²) in [7, 11) is 2.21. The summed E-state index contributed by atoms with van der Waals surface area (Å²) in [6.45, 7) is 5.85. The largest absolute Gasteiger partial charge is 0.314 e. The molecule has 2 atom stereocenters. The topological polar surface area (TPSA) is 28.2 Å². The first kappa shape index (κ1) is 12.6. The maximum atomic E-state index is 4.94. The first-order valence-corrected chi connectivity index (χ1v) is 7.92. The zero-order valence-electron chi connectivity index (χ0n) is 11.4. The van der Waals surface area contributed by atoms with E-state index < -0.39 is 0 Å². The fourth-order valence-electron chi connectivity index (χ4n) is 3.23. The van der Waals surface area contributed by atoms with Crippen LogP contribution in [0.2, 0.25) is 0 Å². The molecule has 1 aromatic heterocycles. The summed E-state index contributed by atoms with van der Waals surface area (Å²) in [5.74, 6) is 0.677. The van der Waals surface area contributed by atoms with Gasteiger partial charge in [-0.05, 0) is 46.3 Å². The van der Waals surface area contributed by atoms with E-state index in [9.17, 15) is 0 Å². The number of hydrogen-bond acceptors (Lipinski definition) is 4. The summed E-state index contributed by atoms with van der Waals surface area (Å²) in [5.41, 5.74) is 1.39. The third kappa shape index (κ3) is 2.60. The Labute approximate surface area is 114 Å². The Hall–Kier alpha value is -0.450.